The van der Waals surface area contributed by atoms with Crippen molar-refractivity contribution in [1.82, 2.24) is 0 Å². The van der Waals surface area contributed by atoms with Gasteiger partial charge in [0, 0.05) is 11.8 Å². The molecule has 0 amide bonds. The summed E-state index contributed by atoms with van der Waals surface area (Å²) < 4.78 is 10.8. The molecule has 3 atom stereocenters. The van der Waals surface area contributed by atoms with Gasteiger partial charge in [-0.05, 0) is 37.1 Å². The van der Waals surface area contributed by atoms with Crippen molar-refractivity contribution < 1.29 is 24.2 Å². The number of carbonyl (C=O) groups excluding carboxylic acids is 2. The maximum Gasteiger partial charge on any atom is 0.338 e. The van der Waals surface area contributed by atoms with E-state index in [0.717, 1.165) is 0 Å². The van der Waals surface area contributed by atoms with Crippen molar-refractivity contribution in [2.75, 3.05) is 13.2 Å². The fourth-order valence-corrected chi connectivity index (χ4v) is 3.27. The Labute approximate surface area is 152 Å². The van der Waals surface area contributed by atoms with Crippen molar-refractivity contribution in [1.29, 1.82) is 0 Å². The maximum absolute atomic E-state index is 12.1. The molecule has 136 valence electrons. The van der Waals surface area contributed by atoms with Gasteiger partial charge in [-0.3, -0.25) is 0 Å². The zero-order valence-electron chi connectivity index (χ0n) is 14.4. The SMILES string of the molecule is O=C(OC[C@@H]1CC(O)C[C@@H]1COC(=O)c1ccccc1)c1ccccc1. The van der Waals surface area contributed by atoms with Crippen molar-refractivity contribution in [3.8, 4) is 0 Å². The van der Waals surface area contributed by atoms with E-state index < -0.39 is 6.10 Å². The molecule has 5 heteroatoms. The van der Waals surface area contributed by atoms with Crippen molar-refractivity contribution >= 4 is 11.9 Å². The minimum absolute atomic E-state index is 0.0266. The molecule has 2 aromatic carbocycles. The van der Waals surface area contributed by atoms with Crippen LogP contribution >= 0.6 is 0 Å². The Balaban J connectivity index is 1.52. The van der Waals surface area contributed by atoms with E-state index in [2.05, 4.69) is 0 Å². The molecular weight excluding hydrogens is 332 g/mol. The number of hydrogen-bond acceptors (Lipinski definition) is 5. The molecule has 2 aromatic rings. The van der Waals surface area contributed by atoms with Crippen LogP contribution in [0, 0.1) is 11.8 Å². The molecule has 1 aliphatic carbocycles. The van der Waals surface area contributed by atoms with Gasteiger partial charge in [0.15, 0.2) is 0 Å². The Morgan fingerprint density at radius 2 is 1.15 bits per heavy atom. The van der Waals surface area contributed by atoms with Crippen LogP contribution in [-0.4, -0.2) is 36.4 Å². The highest BCUT2D eigenvalue weighted by atomic mass is 16.5. The number of rotatable bonds is 6. The number of ether oxygens (including phenoxy) is 2. The molecule has 0 aromatic heterocycles. The lowest BCUT2D eigenvalue weighted by molar-refractivity contribution is 0.0268. The summed E-state index contributed by atoms with van der Waals surface area (Å²) >= 11 is 0. The number of esters is 2. The Kier molecular flexibility index (Phi) is 6.02. The molecule has 1 N–H and O–H groups in total. The molecule has 1 aliphatic rings. The van der Waals surface area contributed by atoms with Crippen LogP contribution in [0.5, 0.6) is 0 Å². The average molecular weight is 354 g/mol. The summed E-state index contributed by atoms with van der Waals surface area (Å²) in [5.41, 5.74) is 0.996. The maximum atomic E-state index is 12.1. The number of carbonyl (C=O) groups is 2. The monoisotopic (exact) mass is 354 g/mol. The van der Waals surface area contributed by atoms with Gasteiger partial charge < -0.3 is 14.6 Å². The van der Waals surface area contributed by atoms with Crippen molar-refractivity contribution in [2.45, 2.75) is 18.9 Å². The minimum atomic E-state index is -0.462. The van der Waals surface area contributed by atoms with Gasteiger partial charge in [-0.1, -0.05) is 36.4 Å². The summed E-state index contributed by atoms with van der Waals surface area (Å²) in [5.74, 6) is -0.818. The van der Waals surface area contributed by atoms with Crippen LogP contribution in [0.15, 0.2) is 60.7 Å². The van der Waals surface area contributed by atoms with E-state index >= 15 is 0 Å². The first-order valence-electron chi connectivity index (χ1n) is 8.76. The minimum Gasteiger partial charge on any atom is -0.462 e. The Hall–Kier alpha value is -2.66. The quantitative estimate of drug-likeness (QED) is 0.807. The summed E-state index contributed by atoms with van der Waals surface area (Å²) in [4.78, 5) is 24.1. The first-order chi connectivity index (χ1) is 12.6. The third-order valence-corrected chi connectivity index (χ3v) is 4.69. The summed E-state index contributed by atoms with van der Waals surface area (Å²) in [6.07, 6.45) is 0.612. The van der Waals surface area contributed by atoms with Crippen LogP contribution in [-0.2, 0) is 9.47 Å². The third kappa shape index (κ3) is 4.70. The zero-order chi connectivity index (χ0) is 18.4. The summed E-state index contributed by atoms with van der Waals surface area (Å²) in [6, 6.07) is 17.6. The predicted molar refractivity (Wildman–Crippen MR) is 95.7 cm³/mol. The van der Waals surface area contributed by atoms with Gasteiger partial charge in [0.2, 0.25) is 0 Å². The highest BCUT2D eigenvalue weighted by Gasteiger charge is 2.35. The molecule has 0 bridgehead atoms. The molecule has 0 spiro atoms. The van der Waals surface area contributed by atoms with E-state index in [-0.39, 0.29) is 37.0 Å². The molecule has 0 saturated heterocycles. The first-order valence-corrected chi connectivity index (χ1v) is 8.76. The van der Waals surface area contributed by atoms with Crippen LogP contribution in [0.25, 0.3) is 0 Å². The van der Waals surface area contributed by atoms with Crippen molar-refractivity contribution in [3.63, 3.8) is 0 Å². The van der Waals surface area contributed by atoms with E-state index in [4.69, 9.17) is 9.47 Å². The lowest BCUT2D eigenvalue weighted by Crippen LogP contribution is -2.22. The lowest BCUT2D eigenvalue weighted by Gasteiger charge is -2.19. The molecular formula is C21H22O5. The molecule has 1 fully saturated rings. The van der Waals surface area contributed by atoms with Crippen LogP contribution in [0.1, 0.15) is 33.6 Å². The second kappa shape index (κ2) is 8.63. The predicted octanol–water partition coefficient (Wildman–Crippen LogP) is 3.09. The zero-order valence-corrected chi connectivity index (χ0v) is 14.4. The number of aliphatic hydroxyl groups is 1. The van der Waals surface area contributed by atoms with Crippen LogP contribution in [0.4, 0.5) is 0 Å². The van der Waals surface area contributed by atoms with E-state index in [0.29, 0.717) is 24.0 Å². The number of aliphatic hydroxyl groups excluding tert-OH is 1. The normalized spacial score (nSPS) is 22.0. The summed E-state index contributed by atoms with van der Waals surface area (Å²) in [7, 11) is 0. The second-order valence-electron chi connectivity index (χ2n) is 6.57. The van der Waals surface area contributed by atoms with Gasteiger partial charge in [0.25, 0.3) is 0 Å². The summed E-state index contributed by atoms with van der Waals surface area (Å²) in [6.45, 7) is 0.413. The fourth-order valence-electron chi connectivity index (χ4n) is 3.27. The van der Waals surface area contributed by atoms with E-state index in [1.54, 1.807) is 48.5 Å². The number of hydrogen-bond donors (Lipinski definition) is 1. The third-order valence-electron chi connectivity index (χ3n) is 4.69. The van der Waals surface area contributed by atoms with Crippen LogP contribution in [0.2, 0.25) is 0 Å². The van der Waals surface area contributed by atoms with Gasteiger partial charge in [-0.25, -0.2) is 9.59 Å². The molecule has 0 radical (unpaired) electrons. The molecule has 0 aliphatic heterocycles. The molecule has 5 nitrogen and oxygen atoms in total. The van der Waals surface area contributed by atoms with Crippen LogP contribution < -0.4 is 0 Å². The van der Waals surface area contributed by atoms with E-state index in [1.165, 1.54) is 0 Å². The largest absolute Gasteiger partial charge is 0.462 e. The Morgan fingerprint density at radius 3 is 1.54 bits per heavy atom. The molecule has 1 saturated carbocycles. The van der Waals surface area contributed by atoms with E-state index in [9.17, 15) is 14.7 Å². The highest BCUT2D eigenvalue weighted by molar-refractivity contribution is 5.89. The molecule has 1 unspecified atom stereocenters. The van der Waals surface area contributed by atoms with Crippen LogP contribution in [0.3, 0.4) is 0 Å². The first kappa shape index (κ1) is 18.1. The highest BCUT2D eigenvalue weighted by Crippen LogP contribution is 2.33. The fraction of sp³-hybridized carbons (Fsp3) is 0.333. The smallest absolute Gasteiger partial charge is 0.338 e. The Morgan fingerprint density at radius 1 is 0.769 bits per heavy atom. The number of benzene rings is 2. The second-order valence-corrected chi connectivity index (χ2v) is 6.57. The van der Waals surface area contributed by atoms with Crippen molar-refractivity contribution in [3.05, 3.63) is 71.8 Å². The summed E-state index contributed by atoms with van der Waals surface area (Å²) in [5, 5.41) is 9.95. The standard InChI is InChI=1S/C21H22O5/c22-19-11-17(13-25-20(23)15-7-3-1-4-8-15)18(12-19)14-26-21(24)16-9-5-2-6-10-16/h1-10,17-19,22H,11-14H2/t17-,18+,19?. The van der Waals surface area contributed by atoms with E-state index in [1.807, 2.05) is 12.1 Å². The molecule has 3 rings (SSSR count). The topological polar surface area (TPSA) is 72.8 Å². The Bertz CT molecular complexity index is 665. The average Bonchev–Trinajstić information content (AvgIpc) is 3.05. The van der Waals surface area contributed by atoms with Crippen molar-refractivity contribution in [2.24, 2.45) is 11.8 Å². The van der Waals surface area contributed by atoms with Gasteiger partial charge >= 0.3 is 11.9 Å². The van der Waals surface area contributed by atoms with Gasteiger partial charge in [-0.2, -0.15) is 0 Å². The lowest BCUT2D eigenvalue weighted by atomic mass is 9.98. The molecule has 0 heterocycles. The van der Waals surface area contributed by atoms with Gasteiger partial charge in [-0.15, -0.1) is 0 Å². The van der Waals surface area contributed by atoms with Gasteiger partial charge in [0.05, 0.1) is 30.4 Å². The molecule has 26 heavy (non-hydrogen) atoms. The van der Waals surface area contributed by atoms with Gasteiger partial charge in [0.1, 0.15) is 0 Å².